The molecule has 2 aromatic heterocycles. The van der Waals surface area contributed by atoms with Crippen LogP contribution in [0.3, 0.4) is 0 Å². The van der Waals surface area contributed by atoms with Crippen LogP contribution >= 0.6 is 11.6 Å². The predicted molar refractivity (Wildman–Crippen MR) is 99.4 cm³/mol. The molecule has 2 aromatic rings. The lowest BCUT2D eigenvalue weighted by Gasteiger charge is -2.40. The first kappa shape index (κ1) is 17.0. The van der Waals surface area contributed by atoms with Crippen molar-refractivity contribution in [3.8, 4) is 0 Å². The van der Waals surface area contributed by atoms with Crippen molar-refractivity contribution in [2.75, 3.05) is 18.0 Å². The number of amides is 2. The molecule has 1 unspecified atom stereocenters. The summed E-state index contributed by atoms with van der Waals surface area (Å²) in [6.07, 6.45) is 2.61. The lowest BCUT2D eigenvalue weighted by Crippen LogP contribution is -2.46. The average molecular weight is 374 g/mol. The Hall–Kier alpha value is -2.41. The van der Waals surface area contributed by atoms with Gasteiger partial charge < -0.3 is 15.5 Å². The van der Waals surface area contributed by atoms with Crippen LogP contribution in [0.25, 0.3) is 11.0 Å². The standard InChI is InChI=1S/C18H20ClN5O2/c1-9-7-21-18(26)14(9)22-17(25)12-5-11-6-13(19)16(23-15(11)20-8-12)24-4-3-10(24)2/h5-6,8-10,14H,3-4,7H2,1-2H3,(H,21,26)(H,22,25)/t9-,10?,14+/m1/s1. The summed E-state index contributed by atoms with van der Waals surface area (Å²) >= 11 is 6.40. The van der Waals surface area contributed by atoms with E-state index in [1.54, 1.807) is 12.1 Å². The number of hydrogen-bond donors (Lipinski definition) is 2. The van der Waals surface area contributed by atoms with E-state index in [-0.39, 0.29) is 17.7 Å². The van der Waals surface area contributed by atoms with E-state index in [9.17, 15) is 9.59 Å². The SMILES string of the molecule is CC1CCN1c1nc2ncc(C(=O)N[C@@H]3C(=O)NC[C@H]3C)cc2cc1Cl. The minimum Gasteiger partial charge on any atom is -0.354 e. The van der Waals surface area contributed by atoms with Gasteiger partial charge in [-0.05, 0) is 25.5 Å². The van der Waals surface area contributed by atoms with Crippen molar-refractivity contribution in [3.05, 3.63) is 28.9 Å². The number of nitrogens with zero attached hydrogens (tertiary/aromatic N) is 3. The maximum Gasteiger partial charge on any atom is 0.253 e. The Bertz CT molecular complexity index is 903. The fourth-order valence-electron chi connectivity index (χ4n) is 3.37. The lowest BCUT2D eigenvalue weighted by atomic mass is 10.1. The van der Waals surface area contributed by atoms with Gasteiger partial charge in [0.25, 0.3) is 5.91 Å². The number of carbonyl (C=O) groups is 2. The Morgan fingerprint density at radius 2 is 2.19 bits per heavy atom. The van der Waals surface area contributed by atoms with Gasteiger partial charge >= 0.3 is 0 Å². The van der Waals surface area contributed by atoms with Crippen LogP contribution in [0.1, 0.15) is 30.6 Å². The Kier molecular flexibility index (Phi) is 4.19. The van der Waals surface area contributed by atoms with Crippen molar-refractivity contribution in [2.24, 2.45) is 5.92 Å². The van der Waals surface area contributed by atoms with Gasteiger partial charge in [0.1, 0.15) is 11.9 Å². The molecule has 136 valence electrons. The molecule has 3 atom stereocenters. The second kappa shape index (κ2) is 6.39. The molecule has 2 amide bonds. The lowest BCUT2D eigenvalue weighted by molar-refractivity contribution is -0.121. The van der Waals surface area contributed by atoms with E-state index in [4.69, 9.17) is 11.6 Å². The normalized spacial score (nSPS) is 25.1. The van der Waals surface area contributed by atoms with Gasteiger partial charge in [0.2, 0.25) is 5.91 Å². The summed E-state index contributed by atoms with van der Waals surface area (Å²) < 4.78 is 0. The van der Waals surface area contributed by atoms with Gasteiger partial charge in [0.05, 0.1) is 10.6 Å². The quantitative estimate of drug-likeness (QED) is 0.855. The van der Waals surface area contributed by atoms with Gasteiger partial charge in [-0.3, -0.25) is 9.59 Å². The molecule has 7 nitrogen and oxygen atoms in total. The molecule has 8 heteroatoms. The van der Waals surface area contributed by atoms with Crippen LogP contribution < -0.4 is 15.5 Å². The molecule has 0 bridgehead atoms. The van der Waals surface area contributed by atoms with E-state index in [2.05, 4.69) is 32.4 Å². The fourth-order valence-corrected chi connectivity index (χ4v) is 3.63. The third kappa shape index (κ3) is 2.86. The smallest absolute Gasteiger partial charge is 0.253 e. The molecule has 2 fully saturated rings. The van der Waals surface area contributed by atoms with Gasteiger partial charge in [-0.15, -0.1) is 0 Å². The number of carbonyl (C=O) groups excluding carboxylic acids is 2. The number of nitrogens with one attached hydrogen (secondary N) is 2. The van der Waals surface area contributed by atoms with Crippen LogP contribution in [0.4, 0.5) is 5.82 Å². The molecule has 2 saturated heterocycles. The Morgan fingerprint density at radius 3 is 2.81 bits per heavy atom. The number of anilines is 1. The molecule has 0 aromatic carbocycles. The summed E-state index contributed by atoms with van der Waals surface area (Å²) in [5.74, 6) is 0.304. The van der Waals surface area contributed by atoms with Gasteiger partial charge in [-0.1, -0.05) is 18.5 Å². The first-order chi connectivity index (χ1) is 12.4. The summed E-state index contributed by atoms with van der Waals surface area (Å²) in [6, 6.07) is 3.40. The Labute approximate surface area is 156 Å². The summed E-state index contributed by atoms with van der Waals surface area (Å²) in [6.45, 7) is 5.55. The topological polar surface area (TPSA) is 87.2 Å². The highest BCUT2D eigenvalue weighted by atomic mass is 35.5. The summed E-state index contributed by atoms with van der Waals surface area (Å²) in [7, 11) is 0. The Morgan fingerprint density at radius 1 is 1.38 bits per heavy atom. The number of rotatable bonds is 3. The van der Waals surface area contributed by atoms with Crippen molar-refractivity contribution < 1.29 is 9.59 Å². The molecular weight excluding hydrogens is 354 g/mol. The van der Waals surface area contributed by atoms with Crippen molar-refractivity contribution in [1.82, 2.24) is 20.6 Å². The maximum atomic E-state index is 12.5. The van der Waals surface area contributed by atoms with Crippen molar-refractivity contribution >= 4 is 40.3 Å². The van der Waals surface area contributed by atoms with Gasteiger partial charge in [-0.25, -0.2) is 9.97 Å². The maximum absolute atomic E-state index is 12.5. The van der Waals surface area contributed by atoms with Crippen LogP contribution in [0.5, 0.6) is 0 Å². The number of halogens is 1. The monoisotopic (exact) mass is 373 g/mol. The van der Waals surface area contributed by atoms with Gasteiger partial charge in [0, 0.05) is 36.6 Å². The molecule has 0 saturated carbocycles. The summed E-state index contributed by atoms with van der Waals surface area (Å²) in [5.41, 5.74) is 0.930. The van der Waals surface area contributed by atoms with Crippen molar-refractivity contribution in [3.63, 3.8) is 0 Å². The molecular formula is C18H20ClN5O2. The highest BCUT2D eigenvalue weighted by Gasteiger charge is 2.33. The molecule has 2 N–H and O–H groups in total. The van der Waals surface area contributed by atoms with Crippen LogP contribution in [0.15, 0.2) is 18.3 Å². The van der Waals surface area contributed by atoms with E-state index >= 15 is 0 Å². The summed E-state index contributed by atoms with van der Waals surface area (Å²) in [4.78, 5) is 35.3. The molecule has 2 aliphatic rings. The average Bonchev–Trinajstić information content (AvgIpc) is 2.92. The highest BCUT2D eigenvalue weighted by Crippen LogP contribution is 2.33. The predicted octanol–water partition coefficient (Wildman–Crippen LogP) is 1.75. The third-order valence-electron chi connectivity index (χ3n) is 5.19. The Balaban J connectivity index is 1.60. The van der Waals surface area contributed by atoms with Crippen molar-refractivity contribution in [1.29, 1.82) is 0 Å². The highest BCUT2D eigenvalue weighted by molar-refractivity contribution is 6.33. The number of hydrogen-bond acceptors (Lipinski definition) is 5. The zero-order chi connectivity index (χ0) is 18.4. The molecule has 26 heavy (non-hydrogen) atoms. The number of aromatic nitrogens is 2. The minimum absolute atomic E-state index is 0.0528. The van der Waals surface area contributed by atoms with Gasteiger partial charge in [0.15, 0.2) is 5.65 Å². The van der Waals surface area contributed by atoms with Crippen LogP contribution in [-0.4, -0.2) is 47.0 Å². The minimum atomic E-state index is -0.518. The number of pyridine rings is 2. The first-order valence-corrected chi connectivity index (χ1v) is 9.13. The van der Waals surface area contributed by atoms with Crippen LogP contribution in [-0.2, 0) is 4.79 Å². The zero-order valence-electron chi connectivity index (χ0n) is 14.6. The van der Waals surface area contributed by atoms with Gasteiger partial charge in [-0.2, -0.15) is 0 Å². The zero-order valence-corrected chi connectivity index (χ0v) is 15.4. The largest absolute Gasteiger partial charge is 0.354 e. The van der Waals surface area contributed by atoms with Crippen LogP contribution in [0, 0.1) is 5.92 Å². The summed E-state index contributed by atoms with van der Waals surface area (Å²) in [5, 5.41) is 6.76. The molecule has 4 heterocycles. The van der Waals surface area contributed by atoms with Crippen molar-refractivity contribution in [2.45, 2.75) is 32.4 Å². The second-order valence-corrected chi connectivity index (χ2v) is 7.48. The van der Waals surface area contributed by atoms with E-state index in [0.29, 0.717) is 34.2 Å². The molecule has 2 aliphatic heterocycles. The number of fused-ring (bicyclic) bond motifs is 1. The second-order valence-electron chi connectivity index (χ2n) is 7.07. The molecule has 0 aliphatic carbocycles. The molecule has 0 radical (unpaired) electrons. The van der Waals surface area contributed by atoms with E-state index in [1.165, 1.54) is 6.20 Å². The van der Waals surface area contributed by atoms with E-state index < -0.39 is 6.04 Å². The molecule has 4 rings (SSSR count). The first-order valence-electron chi connectivity index (χ1n) is 8.75. The van der Waals surface area contributed by atoms with E-state index in [0.717, 1.165) is 18.8 Å². The van der Waals surface area contributed by atoms with E-state index in [1.807, 2.05) is 6.92 Å². The van der Waals surface area contributed by atoms with Crippen LogP contribution in [0.2, 0.25) is 5.02 Å². The fraction of sp³-hybridized carbons (Fsp3) is 0.444. The molecule has 0 spiro atoms. The third-order valence-corrected chi connectivity index (χ3v) is 5.47.